The van der Waals surface area contributed by atoms with Gasteiger partial charge >= 0.3 is 0 Å². The van der Waals surface area contributed by atoms with Crippen LogP contribution in [-0.4, -0.2) is 21.9 Å². The van der Waals surface area contributed by atoms with Crippen LogP contribution < -0.4 is 26.2 Å². The van der Waals surface area contributed by atoms with Gasteiger partial charge in [-0.15, -0.1) is 0 Å². The largest absolute Gasteiger partial charge is 0.334 e. The molecule has 4 nitrogen and oxygen atoms in total. The Labute approximate surface area is 652 Å². The van der Waals surface area contributed by atoms with Gasteiger partial charge in [0.15, 0.2) is 0 Å². The van der Waals surface area contributed by atoms with Gasteiger partial charge in [0.25, 0.3) is 6.71 Å². The van der Waals surface area contributed by atoms with Crippen LogP contribution in [0.25, 0.3) is 99.5 Å². The molecular weight excluding hydrogens is 1290 g/mol. The average Bonchev–Trinajstić information content (AvgIpc) is 1.57. The number of benzene rings is 12. The summed E-state index contributed by atoms with van der Waals surface area (Å²) in [7, 11) is 0. The number of anilines is 5. The first-order chi connectivity index (χ1) is 57.8. The highest BCUT2D eigenvalue weighted by atomic mass is 15.2. The minimum absolute atomic E-state index is 0.0203. The summed E-state index contributed by atoms with van der Waals surface area (Å²) < 4.78 is 142. The zero-order valence-corrected chi connectivity index (χ0v) is 62.5. The summed E-state index contributed by atoms with van der Waals surface area (Å²) in [5.41, 5.74) is 17.6. The SMILES string of the molecule is [2H]c1c([2H])c([2H])c2c(c1[2H])c1c([2H])c(-c3ccccc3)c([2H])c([2H])c1n2-c1ccc2c(c1)N(c1c(-c3ccccc3)cc(C(C)(C)C)cc1-c1ccccc1)c1cc(C(C)(C)C)cc3c1B2c1ccc(-n2c4c([2H])c([2H])c([2H])c([2H])c4c4c([2H])c([2H])c(-c5ccccc5)c([2H])c42)cc1N3C1C(C2CC=CCC2)=CC(C(C)(C)C)CC1C1=CCCCC1. The van der Waals surface area contributed by atoms with E-state index < -0.39 is 36.3 Å². The monoisotopic (exact) mass is 1400 g/mol. The van der Waals surface area contributed by atoms with Crippen molar-refractivity contribution in [2.45, 2.75) is 131 Å². The Kier molecular flexibility index (Phi) is 12.9. The lowest BCUT2D eigenvalue weighted by Gasteiger charge is -2.53. The summed E-state index contributed by atoms with van der Waals surface area (Å²) in [6.07, 6.45) is 17.5. The number of aromatic nitrogens is 2. The van der Waals surface area contributed by atoms with E-state index in [9.17, 15) is 19.2 Å². The highest BCUT2D eigenvalue weighted by molar-refractivity contribution is 7.00. The lowest BCUT2D eigenvalue weighted by Crippen LogP contribution is -2.64. The van der Waals surface area contributed by atoms with Crippen LogP contribution in [-0.2, 0) is 10.8 Å². The molecule has 4 heterocycles. The Balaban J connectivity index is 1.01. The maximum absolute atomic E-state index is 10.6. The van der Waals surface area contributed by atoms with Crippen molar-refractivity contribution in [3.63, 3.8) is 0 Å². The highest BCUT2D eigenvalue weighted by Crippen LogP contribution is 2.56. The van der Waals surface area contributed by atoms with E-state index in [0.717, 1.165) is 124 Å². The summed E-state index contributed by atoms with van der Waals surface area (Å²) >= 11 is 0. The molecular formula is C102H95BN4. The van der Waals surface area contributed by atoms with Gasteiger partial charge in [-0.2, -0.15) is 0 Å². The molecule has 0 bridgehead atoms. The predicted molar refractivity (Wildman–Crippen MR) is 458 cm³/mol. The first-order valence-corrected chi connectivity index (χ1v) is 38.5. The van der Waals surface area contributed by atoms with Gasteiger partial charge in [-0.3, -0.25) is 0 Å². The number of allylic oxidation sites excluding steroid dienone is 4. The highest BCUT2D eigenvalue weighted by Gasteiger charge is 2.51. The topological polar surface area (TPSA) is 16.3 Å². The van der Waals surface area contributed by atoms with Crippen molar-refractivity contribution in [3.05, 3.63) is 313 Å². The fourth-order valence-corrected chi connectivity index (χ4v) is 18.3. The molecule has 4 unspecified atom stereocenters. The van der Waals surface area contributed by atoms with Crippen LogP contribution >= 0.6 is 0 Å². The molecule has 2 aliphatic heterocycles. The molecule has 0 amide bonds. The molecule has 0 saturated heterocycles. The Morgan fingerprint density at radius 3 is 1.57 bits per heavy atom. The maximum atomic E-state index is 10.6. The minimum Gasteiger partial charge on any atom is -0.334 e. The van der Waals surface area contributed by atoms with Crippen molar-refractivity contribution in [1.82, 2.24) is 9.13 Å². The van der Waals surface area contributed by atoms with Gasteiger partial charge in [0.1, 0.15) is 0 Å². The van der Waals surface area contributed by atoms with Crippen molar-refractivity contribution in [3.8, 4) is 55.9 Å². The summed E-state index contributed by atoms with van der Waals surface area (Å²) in [4.78, 5) is 5.16. The van der Waals surface area contributed by atoms with Gasteiger partial charge in [-0.25, -0.2) is 0 Å². The Hall–Kier alpha value is -10.9. The molecule has 19 rings (SSSR count). The molecule has 3 aliphatic carbocycles. The van der Waals surface area contributed by atoms with E-state index in [0.29, 0.717) is 28.2 Å². The molecule has 0 radical (unpaired) electrons. The third-order valence-electron chi connectivity index (χ3n) is 23.8. The van der Waals surface area contributed by atoms with E-state index in [1.54, 1.807) is 21.3 Å². The van der Waals surface area contributed by atoms with Crippen LogP contribution in [0.15, 0.2) is 302 Å². The lowest BCUT2D eigenvalue weighted by atomic mass is 9.33. The Morgan fingerprint density at radius 1 is 0.449 bits per heavy atom. The maximum Gasteiger partial charge on any atom is 0.252 e. The van der Waals surface area contributed by atoms with Crippen molar-refractivity contribution in [2.24, 2.45) is 23.2 Å². The second-order valence-corrected chi connectivity index (χ2v) is 33.4. The van der Waals surface area contributed by atoms with Crippen molar-refractivity contribution in [2.75, 3.05) is 9.80 Å². The van der Waals surface area contributed by atoms with Crippen LogP contribution in [0, 0.1) is 23.2 Å². The number of hydrogen-bond donors (Lipinski definition) is 0. The smallest absolute Gasteiger partial charge is 0.252 e. The molecule has 0 N–H and O–H groups in total. The predicted octanol–water partition coefficient (Wildman–Crippen LogP) is 25.7. The first-order valence-electron chi connectivity index (χ1n) is 45.5. The summed E-state index contributed by atoms with van der Waals surface area (Å²) in [5, 5.41) is 0.319. The molecule has 4 atom stereocenters. The van der Waals surface area contributed by atoms with Crippen LogP contribution in [0.4, 0.5) is 28.4 Å². The molecule has 14 aromatic rings. The standard InChI is InChI=1S/C102H95BN4/c1-100(2,3)74-58-82(68-36-20-12-21-37-68)98(83(59-74)69-38-22-13-23-39-69)106-93-64-77(104-90-47-31-29-45-80(90)86-56-72(49-55-91(86)104)66-32-16-10-17-33-66)50-53-87(93)103-88-54-51-78(105-89-46-30-28-44-79(89)81-52-48-73(57-92(81)105)67-34-18-11-19-35-67)65-94(88)107(96-63-76(102(7,8)9)62-95(106)97(96)103)99-84(70-40-24-14-25-41-70)60-75(101(4,5)6)61-85(99)71-42-26-15-27-43-71/h10-14,16-24,28-39,42,44-60,62-65,70,75,85,99H,15,25-27,40-41,43,61H2,1-9H3/i28D,29D,30D,31D,44D,45D,46D,47D,48D,49D,52D,55D,56D,57D. The summed E-state index contributed by atoms with van der Waals surface area (Å²) in [6, 6.07) is 56.6. The fourth-order valence-electron chi connectivity index (χ4n) is 18.3. The Bertz CT molecular complexity index is 6750. The van der Waals surface area contributed by atoms with Crippen LogP contribution in [0.5, 0.6) is 0 Å². The van der Waals surface area contributed by atoms with E-state index in [-0.39, 0.29) is 150 Å². The van der Waals surface area contributed by atoms with Gasteiger partial charge in [-0.1, -0.05) is 280 Å². The number of rotatable bonds is 10. The third kappa shape index (κ3) is 11.4. The summed E-state index contributed by atoms with van der Waals surface area (Å²) in [5.74, 6) is 0.309. The zero-order chi connectivity index (χ0) is 84.8. The number of para-hydroxylation sites is 2. The molecule has 5 aliphatic rings. The second kappa shape index (κ2) is 26.0. The normalized spacial score (nSPS) is 19.9. The summed E-state index contributed by atoms with van der Waals surface area (Å²) in [6.45, 7) is 20.1. The van der Waals surface area contributed by atoms with Gasteiger partial charge in [-0.05, 0) is 225 Å². The second-order valence-electron chi connectivity index (χ2n) is 33.4. The number of fused-ring (bicyclic) bond motifs is 10. The molecule has 0 saturated carbocycles. The van der Waals surface area contributed by atoms with Crippen LogP contribution in [0.3, 0.4) is 0 Å². The number of nitrogens with zero attached hydrogens (tertiary/aromatic N) is 4. The van der Waals surface area contributed by atoms with Crippen LogP contribution in [0.1, 0.15) is 144 Å². The first kappa shape index (κ1) is 53.0. The van der Waals surface area contributed by atoms with Crippen molar-refractivity contribution in [1.29, 1.82) is 0 Å². The van der Waals surface area contributed by atoms with Gasteiger partial charge in [0.2, 0.25) is 0 Å². The van der Waals surface area contributed by atoms with E-state index in [2.05, 4.69) is 193 Å². The molecule has 0 spiro atoms. The molecule has 526 valence electrons. The molecule has 107 heavy (non-hydrogen) atoms. The average molecular weight is 1400 g/mol. The molecule has 5 heteroatoms. The number of hydrogen-bond acceptors (Lipinski definition) is 2. The van der Waals surface area contributed by atoms with Gasteiger partial charge in [0, 0.05) is 72.7 Å². The molecule has 0 fully saturated rings. The quantitative estimate of drug-likeness (QED) is 0.100. The van der Waals surface area contributed by atoms with Crippen LogP contribution in [0.2, 0.25) is 0 Å². The van der Waals surface area contributed by atoms with Crippen molar-refractivity contribution >= 4 is 95.1 Å². The Morgan fingerprint density at radius 2 is 0.981 bits per heavy atom. The lowest BCUT2D eigenvalue weighted by molar-refractivity contribution is 0.220. The van der Waals surface area contributed by atoms with E-state index >= 15 is 0 Å². The van der Waals surface area contributed by atoms with Gasteiger partial charge < -0.3 is 18.9 Å². The van der Waals surface area contributed by atoms with E-state index in [4.69, 9.17) is 0 Å². The molecule has 2 aromatic heterocycles. The van der Waals surface area contributed by atoms with E-state index in [1.165, 1.54) is 11.1 Å². The minimum atomic E-state index is -0.634. The fraction of sp³-hybridized carbons (Fsp3) is 0.235. The zero-order valence-electron chi connectivity index (χ0n) is 76.5. The van der Waals surface area contributed by atoms with E-state index in [1.807, 2.05) is 72.8 Å². The third-order valence-corrected chi connectivity index (χ3v) is 23.8. The van der Waals surface area contributed by atoms with Crippen molar-refractivity contribution < 1.29 is 19.2 Å². The molecule has 12 aromatic carbocycles. The van der Waals surface area contributed by atoms with Gasteiger partial charge in [0.05, 0.1) is 53.0 Å².